The van der Waals surface area contributed by atoms with Gasteiger partial charge in [-0.25, -0.2) is 21.6 Å². The molecule has 1 aliphatic rings. The molecule has 1 heterocycles. The summed E-state index contributed by atoms with van der Waals surface area (Å²) in [7, 11) is -7.15. The summed E-state index contributed by atoms with van der Waals surface area (Å²) in [6.07, 6.45) is 1.44. The van der Waals surface area contributed by atoms with Crippen LogP contribution in [0.1, 0.15) is 18.4 Å². The smallest absolute Gasteiger partial charge is 0.211 e. The summed E-state index contributed by atoms with van der Waals surface area (Å²) in [5.74, 6) is -0.0795. The Kier molecular flexibility index (Phi) is 6.09. The van der Waals surface area contributed by atoms with E-state index in [-0.39, 0.29) is 23.9 Å². The first-order valence-corrected chi connectivity index (χ1v) is 10.9. The van der Waals surface area contributed by atoms with E-state index in [4.69, 9.17) is 11.6 Å². The van der Waals surface area contributed by atoms with Crippen molar-refractivity contribution in [2.75, 3.05) is 19.6 Å². The number of rotatable bonds is 6. The average Bonchev–Trinajstić information content (AvgIpc) is 2.56. The zero-order valence-corrected chi connectivity index (χ0v) is 15.8. The molecule has 0 bridgehead atoms. The largest absolute Gasteiger partial charge is 0.243 e. The van der Waals surface area contributed by atoms with E-state index < -0.39 is 20.0 Å². The zero-order chi connectivity index (χ0) is 18.0. The predicted octanol–water partition coefficient (Wildman–Crippen LogP) is 2.11. The van der Waals surface area contributed by atoms with Gasteiger partial charge in [0.25, 0.3) is 0 Å². The number of nitrogens with one attached hydrogen (secondary N) is 1. The van der Waals surface area contributed by atoms with Crippen molar-refractivity contribution < 1.29 is 16.8 Å². The molecule has 1 aromatic carbocycles. The lowest BCUT2D eigenvalue weighted by atomic mass is 10.0. The van der Waals surface area contributed by atoms with Crippen LogP contribution in [0.3, 0.4) is 0 Å². The van der Waals surface area contributed by atoms with Crippen molar-refractivity contribution in [1.82, 2.24) is 9.03 Å². The van der Waals surface area contributed by atoms with Gasteiger partial charge in [0.05, 0.1) is 4.90 Å². The van der Waals surface area contributed by atoms with Crippen molar-refractivity contribution in [2.24, 2.45) is 5.92 Å². The van der Waals surface area contributed by atoms with E-state index in [0.29, 0.717) is 18.0 Å². The molecule has 0 radical (unpaired) electrons. The first-order valence-electron chi connectivity index (χ1n) is 7.54. The third-order valence-corrected chi connectivity index (χ3v) is 7.33. The fourth-order valence-electron chi connectivity index (χ4n) is 2.59. The third-order valence-electron chi connectivity index (χ3n) is 4.06. The number of halogens is 1. The lowest BCUT2D eigenvalue weighted by Crippen LogP contribution is -2.43. The minimum Gasteiger partial charge on any atom is -0.211 e. The molecule has 134 valence electrons. The fraction of sp³-hybridized carbons (Fsp3) is 0.467. The van der Waals surface area contributed by atoms with Crippen molar-refractivity contribution in [3.05, 3.63) is 40.8 Å². The third kappa shape index (κ3) is 4.58. The van der Waals surface area contributed by atoms with Gasteiger partial charge in [-0.1, -0.05) is 24.2 Å². The summed E-state index contributed by atoms with van der Waals surface area (Å²) in [5, 5.41) is 1.25. The Morgan fingerprint density at radius 3 is 2.71 bits per heavy atom. The zero-order valence-electron chi connectivity index (χ0n) is 13.4. The maximum Gasteiger partial charge on any atom is 0.243 e. The minimum atomic E-state index is -3.64. The highest BCUT2D eigenvalue weighted by Gasteiger charge is 2.30. The van der Waals surface area contributed by atoms with Crippen LogP contribution in [0.15, 0.2) is 35.1 Å². The van der Waals surface area contributed by atoms with Gasteiger partial charge in [-0.05, 0) is 43.4 Å². The van der Waals surface area contributed by atoms with Gasteiger partial charge in [0.15, 0.2) is 0 Å². The van der Waals surface area contributed by atoms with Crippen LogP contribution >= 0.6 is 11.6 Å². The average molecular weight is 393 g/mol. The van der Waals surface area contributed by atoms with Crippen LogP contribution < -0.4 is 4.72 Å². The molecule has 0 spiro atoms. The van der Waals surface area contributed by atoms with Crippen LogP contribution in [0.4, 0.5) is 0 Å². The summed E-state index contributed by atoms with van der Waals surface area (Å²) in [5.41, 5.74) is 0.811. The Bertz CT molecular complexity index is 822. The Balaban J connectivity index is 2.13. The van der Waals surface area contributed by atoms with Gasteiger partial charge < -0.3 is 0 Å². The summed E-state index contributed by atoms with van der Waals surface area (Å²) in [4.78, 5) is 0.158. The van der Waals surface area contributed by atoms with Gasteiger partial charge in [0.2, 0.25) is 20.0 Å². The van der Waals surface area contributed by atoms with E-state index in [9.17, 15) is 16.8 Å². The molecule has 1 fully saturated rings. The van der Waals surface area contributed by atoms with E-state index in [1.165, 1.54) is 10.4 Å². The van der Waals surface area contributed by atoms with Crippen molar-refractivity contribution in [3.8, 4) is 0 Å². The van der Waals surface area contributed by atoms with Gasteiger partial charge in [-0.2, -0.15) is 4.31 Å². The number of sulfonamides is 2. The number of benzene rings is 1. The molecule has 0 aromatic heterocycles. The van der Waals surface area contributed by atoms with Gasteiger partial charge in [-0.15, -0.1) is 0 Å². The van der Waals surface area contributed by atoms with Crippen LogP contribution in [0.25, 0.3) is 0 Å². The molecule has 1 saturated heterocycles. The Morgan fingerprint density at radius 1 is 1.38 bits per heavy atom. The van der Waals surface area contributed by atoms with E-state index in [0.717, 1.165) is 17.4 Å². The number of nitrogens with zero attached hydrogens (tertiary/aromatic N) is 1. The van der Waals surface area contributed by atoms with Crippen LogP contribution in [0.2, 0.25) is 5.02 Å². The second-order valence-electron chi connectivity index (χ2n) is 5.84. The molecule has 1 aliphatic heterocycles. The number of hydrogen-bond acceptors (Lipinski definition) is 4. The molecule has 24 heavy (non-hydrogen) atoms. The molecule has 1 atom stereocenters. The summed E-state index contributed by atoms with van der Waals surface area (Å²) < 4.78 is 52.2. The molecule has 9 heteroatoms. The quantitative estimate of drug-likeness (QED) is 0.803. The first-order chi connectivity index (χ1) is 11.2. The van der Waals surface area contributed by atoms with Crippen LogP contribution in [-0.2, 0) is 20.0 Å². The van der Waals surface area contributed by atoms with E-state index >= 15 is 0 Å². The summed E-state index contributed by atoms with van der Waals surface area (Å²) in [6.45, 7) is 5.92. The highest BCUT2D eigenvalue weighted by atomic mass is 35.5. The number of hydrogen-bond donors (Lipinski definition) is 1. The van der Waals surface area contributed by atoms with E-state index in [1.54, 1.807) is 19.1 Å². The maximum atomic E-state index is 12.8. The standard InChI is InChI=1S/C15H21ClN2O4S2/c1-3-23(19,20)17-10-13-5-4-8-18(11-13)24(21,22)14-7-6-12(2)15(16)9-14/h3,6-7,9,13,17H,1,4-5,8,10-11H2,2H3. The second kappa shape index (κ2) is 7.53. The first kappa shape index (κ1) is 19.4. The Hall–Kier alpha value is -0.930. The van der Waals surface area contributed by atoms with E-state index in [1.807, 2.05) is 0 Å². The van der Waals surface area contributed by atoms with Crippen molar-refractivity contribution >= 4 is 31.6 Å². The monoisotopic (exact) mass is 392 g/mol. The summed E-state index contributed by atoms with van der Waals surface area (Å²) >= 11 is 6.03. The van der Waals surface area contributed by atoms with Crippen LogP contribution in [-0.4, -0.2) is 40.8 Å². The highest BCUT2D eigenvalue weighted by Crippen LogP contribution is 2.26. The summed E-state index contributed by atoms with van der Waals surface area (Å²) in [6, 6.07) is 4.67. The molecule has 1 N–H and O–H groups in total. The Morgan fingerprint density at radius 2 is 2.08 bits per heavy atom. The minimum absolute atomic E-state index is 0.0795. The van der Waals surface area contributed by atoms with Gasteiger partial charge in [-0.3, -0.25) is 0 Å². The molecule has 0 amide bonds. The van der Waals surface area contributed by atoms with Gasteiger partial charge in [0.1, 0.15) is 0 Å². The fourth-order valence-corrected chi connectivity index (χ4v) is 5.00. The Labute approximate surface area is 148 Å². The molecule has 2 rings (SSSR count). The molecular weight excluding hydrogens is 372 g/mol. The van der Waals surface area contributed by atoms with Crippen LogP contribution in [0.5, 0.6) is 0 Å². The molecule has 1 aromatic rings. The molecule has 0 aliphatic carbocycles. The topological polar surface area (TPSA) is 83.6 Å². The lowest BCUT2D eigenvalue weighted by Gasteiger charge is -2.32. The normalized spacial score (nSPS) is 20.0. The van der Waals surface area contributed by atoms with Crippen molar-refractivity contribution in [3.63, 3.8) is 0 Å². The van der Waals surface area contributed by atoms with Crippen molar-refractivity contribution in [2.45, 2.75) is 24.7 Å². The SMILES string of the molecule is C=CS(=O)(=O)NCC1CCCN(S(=O)(=O)c2ccc(C)c(Cl)c2)C1. The van der Waals surface area contributed by atoms with Crippen LogP contribution in [0, 0.1) is 12.8 Å². The highest BCUT2D eigenvalue weighted by molar-refractivity contribution is 7.92. The predicted molar refractivity (Wildman–Crippen MR) is 94.8 cm³/mol. The van der Waals surface area contributed by atoms with E-state index in [2.05, 4.69) is 11.3 Å². The molecule has 6 nitrogen and oxygen atoms in total. The second-order valence-corrected chi connectivity index (χ2v) is 9.90. The maximum absolute atomic E-state index is 12.8. The number of aryl methyl sites for hydroxylation is 1. The van der Waals surface area contributed by atoms with Gasteiger partial charge >= 0.3 is 0 Å². The van der Waals surface area contributed by atoms with Gasteiger partial charge in [0, 0.05) is 30.1 Å². The molecule has 1 unspecified atom stereocenters. The molecular formula is C15H21ClN2O4S2. The molecule has 0 saturated carbocycles. The number of piperidine rings is 1. The lowest BCUT2D eigenvalue weighted by molar-refractivity contribution is 0.267. The van der Waals surface area contributed by atoms with Crippen molar-refractivity contribution in [1.29, 1.82) is 0 Å².